The number of hydrogen-bond donors (Lipinski definition) is 0. The van der Waals surface area contributed by atoms with E-state index >= 15 is 0 Å². The summed E-state index contributed by atoms with van der Waals surface area (Å²) in [6.07, 6.45) is 0. The SMILES string of the molecule is C[Si](C)=[Zr+2].Cc1c[cH-]c2ccccc12.c1ccc2c(c1)[cH-]c1ccccc12. The molecule has 0 amide bonds. The van der Waals surface area contributed by atoms with Crippen LogP contribution in [-0.2, 0) is 23.3 Å². The molecule has 0 saturated carbocycles. The van der Waals surface area contributed by atoms with Crippen LogP contribution < -0.4 is 0 Å². The standard InChI is InChI=1S/C13H9.C10H9.C2H6Si.Zr/c1-3-7-12-10(5-1)9-11-6-2-4-8-13(11)12;1-8-6-7-9-4-2-3-5-10(8)9;1-3-2;/h1-9H;2-7H,1H3;1-2H3;/q2*-1;;+2. The van der Waals surface area contributed by atoms with Crippen LogP contribution >= 0.6 is 0 Å². The maximum absolute atomic E-state index is 2.31. The summed E-state index contributed by atoms with van der Waals surface area (Å²) in [5.41, 5.74) is 1.58. The summed E-state index contributed by atoms with van der Waals surface area (Å²) >= 11 is 1.74. The number of hydrogen-bond acceptors (Lipinski definition) is 0. The van der Waals surface area contributed by atoms with Crippen LogP contribution in [0, 0.1) is 6.92 Å². The number of rotatable bonds is 0. The number of fused-ring (bicyclic) bond motifs is 4. The molecular formula is C25H24SiZr. The summed E-state index contributed by atoms with van der Waals surface area (Å²) in [6, 6.07) is 32.0. The van der Waals surface area contributed by atoms with Gasteiger partial charge in [0.2, 0.25) is 0 Å². The first-order valence-corrected chi connectivity index (χ1v) is 15.4. The molecule has 5 aromatic rings. The van der Waals surface area contributed by atoms with Gasteiger partial charge in [-0.1, -0.05) is 49.4 Å². The second-order valence-corrected chi connectivity index (χ2v) is 16.3. The Balaban J connectivity index is 0.000000134. The van der Waals surface area contributed by atoms with Gasteiger partial charge in [-0.25, -0.2) is 0 Å². The van der Waals surface area contributed by atoms with Crippen LogP contribution in [0.4, 0.5) is 0 Å². The summed E-state index contributed by atoms with van der Waals surface area (Å²) in [4.78, 5) is 0. The van der Waals surface area contributed by atoms with Crippen LogP contribution in [0.3, 0.4) is 0 Å². The fourth-order valence-electron chi connectivity index (χ4n) is 3.21. The molecule has 0 saturated heterocycles. The van der Waals surface area contributed by atoms with Crippen LogP contribution in [0.2, 0.25) is 13.1 Å². The van der Waals surface area contributed by atoms with Crippen molar-refractivity contribution in [2.24, 2.45) is 0 Å². The molecule has 0 atom stereocenters. The van der Waals surface area contributed by atoms with E-state index in [-0.39, 0.29) is 5.43 Å². The zero-order valence-electron chi connectivity index (χ0n) is 16.2. The Morgan fingerprint density at radius 1 is 0.667 bits per heavy atom. The van der Waals surface area contributed by atoms with Gasteiger partial charge in [-0.05, 0) is 0 Å². The van der Waals surface area contributed by atoms with E-state index in [1.54, 1.807) is 23.3 Å². The van der Waals surface area contributed by atoms with Crippen molar-refractivity contribution >= 4 is 37.8 Å². The van der Waals surface area contributed by atoms with Gasteiger partial charge in [0, 0.05) is 0 Å². The van der Waals surface area contributed by atoms with Crippen molar-refractivity contribution in [2.75, 3.05) is 0 Å². The van der Waals surface area contributed by atoms with Gasteiger partial charge in [-0.2, -0.15) is 11.6 Å². The van der Waals surface area contributed by atoms with Gasteiger partial charge in [-0.15, -0.1) is 74.8 Å². The fourth-order valence-corrected chi connectivity index (χ4v) is 3.21. The van der Waals surface area contributed by atoms with Gasteiger partial charge in [0.15, 0.2) is 0 Å². The van der Waals surface area contributed by atoms with Crippen molar-refractivity contribution in [2.45, 2.75) is 20.0 Å². The Kier molecular flexibility index (Phi) is 6.99. The minimum absolute atomic E-state index is 0.210. The summed E-state index contributed by atoms with van der Waals surface area (Å²) in [5.74, 6) is 0. The van der Waals surface area contributed by atoms with Gasteiger partial charge in [0.1, 0.15) is 0 Å². The van der Waals surface area contributed by atoms with E-state index in [9.17, 15) is 0 Å². The monoisotopic (exact) mass is 442 g/mol. The van der Waals surface area contributed by atoms with Crippen molar-refractivity contribution in [3.05, 3.63) is 96.6 Å². The van der Waals surface area contributed by atoms with Gasteiger partial charge in [-0.3, -0.25) is 0 Å². The van der Waals surface area contributed by atoms with Crippen LogP contribution in [-0.4, -0.2) is 5.43 Å². The molecule has 0 fully saturated rings. The van der Waals surface area contributed by atoms with E-state index < -0.39 is 0 Å². The molecule has 5 rings (SSSR count). The van der Waals surface area contributed by atoms with Crippen LogP contribution in [0.1, 0.15) is 5.56 Å². The largest absolute Gasteiger partial charge is 0.156 e. The molecule has 0 aliphatic rings. The van der Waals surface area contributed by atoms with Gasteiger partial charge < -0.3 is 0 Å². The first-order chi connectivity index (χ1) is 13.1. The fraction of sp³-hybridized carbons (Fsp3) is 0.120. The smallest absolute Gasteiger partial charge is 0.0771 e. The summed E-state index contributed by atoms with van der Waals surface area (Å²) in [6.45, 7) is 6.76. The van der Waals surface area contributed by atoms with E-state index in [0.717, 1.165) is 0 Å². The molecule has 2 heteroatoms. The molecule has 132 valence electrons. The molecule has 0 bridgehead atoms. The third-order valence-corrected chi connectivity index (χ3v) is 4.42. The third-order valence-electron chi connectivity index (χ3n) is 4.42. The molecule has 0 heterocycles. The first kappa shape index (κ1) is 20.0. The van der Waals surface area contributed by atoms with Gasteiger partial charge >= 0.3 is 41.9 Å². The van der Waals surface area contributed by atoms with E-state index in [1.165, 1.54) is 37.9 Å². The van der Waals surface area contributed by atoms with Crippen LogP contribution in [0.15, 0.2) is 91.0 Å². The zero-order chi connectivity index (χ0) is 19.2. The zero-order valence-corrected chi connectivity index (χ0v) is 19.6. The Hall–Kier alpha value is -1.76. The minimum atomic E-state index is 0.210. The topological polar surface area (TPSA) is 0 Å². The van der Waals surface area contributed by atoms with Gasteiger partial charge in [0.25, 0.3) is 0 Å². The van der Waals surface area contributed by atoms with Crippen molar-refractivity contribution in [3.63, 3.8) is 0 Å². The normalized spacial score (nSPS) is 10.3. The van der Waals surface area contributed by atoms with Gasteiger partial charge in [0.05, 0.1) is 0 Å². The Bertz CT molecular complexity index is 1120. The Morgan fingerprint density at radius 3 is 1.56 bits per heavy atom. The first-order valence-electron chi connectivity index (χ1n) is 9.22. The Morgan fingerprint density at radius 2 is 1.07 bits per heavy atom. The average molecular weight is 444 g/mol. The molecule has 0 N–H and O–H groups in total. The van der Waals surface area contributed by atoms with Crippen molar-refractivity contribution in [1.29, 1.82) is 0 Å². The quantitative estimate of drug-likeness (QED) is 0.173. The second kappa shape index (κ2) is 9.44. The minimum Gasteiger partial charge on any atom is -0.156 e. The maximum Gasteiger partial charge on any atom is -0.0771 e. The van der Waals surface area contributed by atoms with E-state index in [0.29, 0.717) is 0 Å². The summed E-state index contributed by atoms with van der Waals surface area (Å²) in [7, 11) is 0. The predicted octanol–water partition coefficient (Wildman–Crippen LogP) is 7.36. The van der Waals surface area contributed by atoms with Crippen molar-refractivity contribution < 1.29 is 23.3 Å². The molecule has 0 radical (unpaired) electrons. The second-order valence-electron chi connectivity index (χ2n) is 6.92. The van der Waals surface area contributed by atoms with E-state index in [4.69, 9.17) is 0 Å². The molecule has 0 aromatic heterocycles. The molecule has 0 unspecified atom stereocenters. The molecule has 0 spiro atoms. The molecule has 0 nitrogen and oxygen atoms in total. The van der Waals surface area contributed by atoms with Crippen molar-refractivity contribution in [1.82, 2.24) is 0 Å². The summed E-state index contributed by atoms with van der Waals surface area (Å²) in [5, 5.41) is 8.12. The van der Waals surface area contributed by atoms with Crippen molar-refractivity contribution in [3.8, 4) is 0 Å². The third kappa shape index (κ3) is 5.15. The number of aryl methyl sites for hydroxylation is 1. The molecule has 5 aromatic carbocycles. The van der Waals surface area contributed by atoms with E-state index in [2.05, 4.69) is 111 Å². The Labute approximate surface area is 176 Å². The maximum atomic E-state index is 2.31. The molecule has 0 aliphatic carbocycles. The number of benzene rings is 3. The van der Waals surface area contributed by atoms with Crippen LogP contribution in [0.25, 0.3) is 32.3 Å². The molecule has 0 aliphatic heterocycles. The molecule has 27 heavy (non-hydrogen) atoms. The molecular weight excluding hydrogens is 420 g/mol. The average Bonchev–Trinajstić information content (AvgIpc) is 3.23. The van der Waals surface area contributed by atoms with E-state index in [1.807, 2.05) is 0 Å². The van der Waals surface area contributed by atoms with Crippen LogP contribution in [0.5, 0.6) is 0 Å². The predicted molar refractivity (Wildman–Crippen MR) is 119 cm³/mol. The summed E-state index contributed by atoms with van der Waals surface area (Å²) < 4.78 is 0.